The second kappa shape index (κ2) is 5.45. The molecule has 5 nitrogen and oxygen atoms in total. The van der Waals surface area contributed by atoms with E-state index in [-0.39, 0.29) is 10.6 Å². The van der Waals surface area contributed by atoms with Crippen LogP contribution in [0.5, 0.6) is 0 Å². The van der Waals surface area contributed by atoms with E-state index in [1.807, 2.05) is 0 Å². The number of hydrogen-bond donors (Lipinski definition) is 2. The number of carboxylic acids is 1. The Kier molecular flexibility index (Phi) is 4.02. The normalized spacial score (nSPS) is 11.4. The SMILES string of the molecule is Cc1cc(S(=O)(=O)Nc2cccc(F)c2C(=O)O)c(C)s1. The average molecular weight is 329 g/mol. The summed E-state index contributed by atoms with van der Waals surface area (Å²) in [6, 6.07) is 4.90. The third-order valence-corrected chi connectivity index (χ3v) is 5.34. The predicted octanol–water partition coefficient (Wildman–Crippen LogP) is 3.00. The lowest BCUT2D eigenvalue weighted by Gasteiger charge is -2.10. The predicted molar refractivity (Wildman–Crippen MR) is 78.0 cm³/mol. The number of aromatic carboxylic acids is 1. The van der Waals surface area contributed by atoms with Crippen LogP contribution in [-0.2, 0) is 10.0 Å². The van der Waals surface area contributed by atoms with E-state index in [0.717, 1.165) is 10.9 Å². The van der Waals surface area contributed by atoms with Crippen molar-refractivity contribution in [3.63, 3.8) is 0 Å². The Balaban J connectivity index is 2.50. The van der Waals surface area contributed by atoms with Crippen molar-refractivity contribution in [3.05, 3.63) is 45.4 Å². The standard InChI is InChI=1S/C13H12FNO4S2/c1-7-6-11(8(2)20-7)21(18,19)15-10-5-3-4-9(14)12(10)13(16)17/h3-6,15H,1-2H3,(H,16,17). The van der Waals surface area contributed by atoms with Crippen LogP contribution in [-0.4, -0.2) is 19.5 Å². The molecule has 2 N–H and O–H groups in total. The van der Waals surface area contributed by atoms with E-state index in [9.17, 15) is 17.6 Å². The Morgan fingerprint density at radius 2 is 2.00 bits per heavy atom. The summed E-state index contributed by atoms with van der Waals surface area (Å²) in [6.45, 7) is 3.41. The van der Waals surface area contributed by atoms with Crippen molar-refractivity contribution < 1.29 is 22.7 Å². The molecule has 2 rings (SSSR count). The number of sulfonamides is 1. The molecule has 0 spiro atoms. The highest BCUT2D eigenvalue weighted by Gasteiger charge is 2.23. The van der Waals surface area contributed by atoms with E-state index >= 15 is 0 Å². The molecule has 0 amide bonds. The first kappa shape index (κ1) is 15.5. The molecule has 2 aromatic rings. The number of aryl methyl sites for hydroxylation is 2. The fourth-order valence-electron chi connectivity index (χ4n) is 1.90. The van der Waals surface area contributed by atoms with Gasteiger partial charge in [0.2, 0.25) is 0 Å². The Morgan fingerprint density at radius 1 is 1.33 bits per heavy atom. The zero-order valence-electron chi connectivity index (χ0n) is 11.2. The van der Waals surface area contributed by atoms with E-state index in [4.69, 9.17) is 5.11 Å². The van der Waals surface area contributed by atoms with Crippen LogP contribution in [0.2, 0.25) is 0 Å². The maximum absolute atomic E-state index is 13.5. The van der Waals surface area contributed by atoms with Gasteiger partial charge in [0.15, 0.2) is 0 Å². The van der Waals surface area contributed by atoms with Gasteiger partial charge in [-0.25, -0.2) is 17.6 Å². The van der Waals surface area contributed by atoms with Gasteiger partial charge in [-0.15, -0.1) is 11.3 Å². The third kappa shape index (κ3) is 3.06. The van der Waals surface area contributed by atoms with E-state index < -0.39 is 27.4 Å². The van der Waals surface area contributed by atoms with Crippen molar-refractivity contribution in [2.45, 2.75) is 18.7 Å². The lowest BCUT2D eigenvalue weighted by atomic mass is 10.2. The van der Waals surface area contributed by atoms with Crippen molar-refractivity contribution in [1.29, 1.82) is 0 Å². The van der Waals surface area contributed by atoms with Gasteiger partial charge >= 0.3 is 5.97 Å². The van der Waals surface area contributed by atoms with Crippen molar-refractivity contribution in [2.75, 3.05) is 4.72 Å². The lowest BCUT2D eigenvalue weighted by molar-refractivity contribution is 0.0693. The Labute approximate surface area is 125 Å². The van der Waals surface area contributed by atoms with Gasteiger partial charge < -0.3 is 5.11 Å². The van der Waals surface area contributed by atoms with Crippen LogP contribution in [0, 0.1) is 19.7 Å². The first-order valence-corrected chi connectivity index (χ1v) is 8.14. The summed E-state index contributed by atoms with van der Waals surface area (Å²) >= 11 is 1.31. The molecule has 1 aromatic carbocycles. The molecular formula is C13H12FNO4S2. The minimum Gasteiger partial charge on any atom is -0.478 e. The molecule has 0 saturated carbocycles. The van der Waals surface area contributed by atoms with Gasteiger partial charge in [-0.05, 0) is 32.0 Å². The number of carbonyl (C=O) groups is 1. The summed E-state index contributed by atoms with van der Waals surface area (Å²) in [5.41, 5.74) is -1.00. The van der Waals surface area contributed by atoms with E-state index in [1.54, 1.807) is 13.8 Å². The molecule has 0 fully saturated rings. The second-order valence-electron chi connectivity index (χ2n) is 4.35. The number of rotatable bonds is 4. The molecule has 0 aliphatic carbocycles. The molecule has 0 atom stereocenters. The maximum Gasteiger partial charge on any atom is 0.340 e. The quantitative estimate of drug-likeness (QED) is 0.903. The third-order valence-electron chi connectivity index (χ3n) is 2.76. The number of carboxylic acid groups (broad SMARTS) is 1. The zero-order chi connectivity index (χ0) is 15.8. The lowest BCUT2D eigenvalue weighted by Crippen LogP contribution is -2.16. The highest BCUT2D eigenvalue weighted by atomic mass is 32.2. The molecule has 0 aliphatic rings. The van der Waals surface area contributed by atoms with Gasteiger partial charge in [0, 0.05) is 9.75 Å². The van der Waals surface area contributed by atoms with Crippen molar-refractivity contribution in [1.82, 2.24) is 0 Å². The highest BCUT2D eigenvalue weighted by molar-refractivity contribution is 7.93. The molecule has 112 valence electrons. The highest BCUT2D eigenvalue weighted by Crippen LogP contribution is 2.28. The van der Waals surface area contributed by atoms with Gasteiger partial charge in [0.05, 0.1) is 5.69 Å². The van der Waals surface area contributed by atoms with Crippen LogP contribution in [0.4, 0.5) is 10.1 Å². The van der Waals surface area contributed by atoms with E-state index in [1.165, 1.54) is 29.5 Å². The van der Waals surface area contributed by atoms with Crippen LogP contribution in [0.1, 0.15) is 20.1 Å². The summed E-state index contributed by atoms with van der Waals surface area (Å²) in [4.78, 5) is 12.5. The van der Waals surface area contributed by atoms with Crippen LogP contribution >= 0.6 is 11.3 Å². The van der Waals surface area contributed by atoms with Crippen LogP contribution in [0.15, 0.2) is 29.2 Å². The largest absolute Gasteiger partial charge is 0.478 e. The second-order valence-corrected chi connectivity index (χ2v) is 7.46. The summed E-state index contributed by atoms with van der Waals surface area (Å²) in [6.07, 6.45) is 0. The molecule has 1 aromatic heterocycles. The number of hydrogen-bond acceptors (Lipinski definition) is 4. The van der Waals surface area contributed by atoms with Crippen molar-refractivity contribution in [3.8, 4) is 0 Å². The molecule has 1 heterocycles. The molecule has 8 heteroatoms. The number of halogens is 1. The first-order valence-electron chi connectivity index (χ1n) is 5.84. The van der Waals surface area contributed by atoms with Gasteiger partial charge in [-0.3, -0.25) is 4.72 Å². The molecule has 0 unspecified atom stereocenters. The number of anilines is 1. The number of thiophene rings is 1. The average Bonchev–Trinajstić information content (AvgIpc) is 2.68. The van der Waals surface area contributed by atoms with E-state index in [0.29, 0.717) is 4.88 Å². The molecule has 0 bridgehead atoms. The van der Waals surface area contributed by atoms with Gasteiger partial charge in [-0.1, -0.05) is 6.07 Å². The van der Waals surface area contributed by atoms with Gasteiger partial charge in [0.25, 0.3) is 10.0 Å². The topological polar surface area (TPSA) is 83.5 Å². The fraction of sp³-hybridized carbons (Fsp3) is 0.154. The Morgan fingerprint density at radius 3 is 2.52 bits per heavy atom. The van der Waals surface area contributed by atoms with Crippen molar-refractivity contribution >= 4 is 33.0 Å². The number of benzene rings is 1. The van der Waals surface area contributed by atoms with Crippen molar-refractivity contribution in [2.24, 2.45) is 0 Å². The minimum atomic E-state index is -3.97. The van der Waals surface area contributed by atoms with Gasteiger partial charge in [0.1, 0.15) is 16.3 Å². The molecule has 0 saturated heterocycles. The van der Waals surface area contributed by atoms with Crippen LogP contribution < -0.4 is 4.72 Å². The molecule has 21 heavy (non-hydrogen) atoms. The number of nitrogens with one attached hydrogen (secondary N) is 1. The molecule has 0 radical (unpaired) electrons. The smallest absolute Gasteiger partial charge is 0.340 e. The fourth-order valence-corrected chi connectivity index (χ4v) is 4.53. The zero-order valence-corrected chi connectivity index (χ0v) is 12.8. The van der Waals surface area contributed by atoms with Gasteiger partial charge in [-0.2, -0.15) is 0 Å². The maximum atomic E-state index is 13.5. The molecule has 0 aliphatic heterocycles. The summed E-state index contributed by atoms with van der Waals surface area (Å²) in [5.74, 6) is -2.54. The summed E-state index contributed by atoms with van der Waals surface area (Å²) in [7, 11) is -3.97. The molecular weight excluding hydrogens is 317 g/mol. The van der Waals surface area contributed by atoms with E-state index in [2.05, 4.69) is 4.72 Å². The first-order chi connectivity index (χ1) is 9.72. The monoisotopic (exact) mass is 329 g/mol. The summed E-state index contributed by atoms with van der Waals surface area (Å²) in [5, 5.41) is 9.00. The summed E-state index contributed by atoms with van der Waals surface area (Å²) < 4.78 is 40.3. The van der Waals surface area contributed by atoms with Crippen LogP contribution in [0.3, 0.4) is 0 Å². The Bertz CT molecular complexity index is 812. The minimum absolute atomic E-state index is 0.0607. The Hall–Kier alpha value is -1.93. The van der Waals surface area contributed by atoms with Crippen LogP contribution in [0.25, 0.3) is 0 Å².